The number of carbonyl (C=O) groups is 3. The van der Waals surface area contributed by atoms with Crippen molar-refractivity contribution < 1.29 is 33.5 Å². The summed E-state index contributed by atoms with van der Waals surface area (Å²) in [5.74, 6) is -0.467. The molecule has 0 radical (unpaired) electrons. The Morgan fingerprint density at radius 2 is 1.53 bits per heavy atom. The zero-order valence-corrected chi connectivity index (χ0v) is 21.5. The summed E-state index contributed by atoms with van der Waals surface area (Å²) in [6.07, 6.45) is -0.188. The van der Waals surface area contributed by atoms with Crippen molar-refractivity contribution >= 4 is 24.4 Å². The maximum absolute atomic E-state index is 13.0. The summed E-state index contributed by atoms with van der Waals surface area (Å²) in [6.45, 7) is 9.92. The molecule has 2 aromatic rings. The first-order valence-corrected chi connectivity index (χ1v) is 13.4. The minimum Gasteiger partial charge on any atom is -0.490 e. The zero-order chi connectivity index (χ0) is 25.7. The fourth-order valence-electron chi connectivity index (χ4n) is 3.60. The highest BCUT2D eigenvalue weighted by molar-refractivity contribution is 7.80. The molecule has 8 heteroatoms. The lowest BCUT2D eigenvalue weighted by Gasteiger charge is -2.16. The summed E-state index contributed by atoms with van der Waals surface area (Å²) >= 11 is 0. The van der Waals surface area contributed by atoms with Crippen LogP contribution in [-0.2, 0) is 14.1 Å². The van der Waals surface area contributed by atoms with Gasteiger partial charge < -0.3 is 19.1 Å². The van der Waals surface area contributed by atoms with Crippen LogP contribution in [0.2, 0.25) is 0 Å². The summed E-state index contributed by atoms with van der Waals surface area (Å²) in [4.78, 5) is 37.0. The van der Waals surface area contributed by atoms with E-state index in [0.29, 0.717) is 16.9 Å². The van der Waals surface area contributed by atoms with Crippen LogP contribution in [-0.4, -0.2) is 54.0 Å². The first-order valence-electron chi connectivity index (χ1n) is 11.1. The van der Waals surface area contributed by atoms with Gasteiger partial charge in [0.25, 0.3) is 0 Å². The highest BCUT2D eigenvalue weighted by Gasteiger charge is 2.30. The topological polar surface area (TPSA) is 107 Å². The lowest BCUT2D eigenvalue weighted by Crippen LogP contribution is -2.30. The fraction of sp³-hybridized carbons (Fsp3) is 0.423. The maximum atomic E-state index is 13.0. The van der Waals surface area contributed by atoms with Crippen molar-refractivity contribution in [2.75, 3.05) is 26.0 Å². The number of carbonyl (C=O) groups excluding carboxylic acids is 3. The minimum atomic E-state index is -3.26. The largest absolute Gasteiger partial charge is 0.490 e. The molecule has 1 N–H and O–H groups in total. The summed E-state index contributed by atoms with van der Waals surface area (Å²) < 4.78 is 23.7. The molecule has 1 atom stereocenters. The zero-order valence-electron chi connectivity index (χ0n) is 20.6. The number of esters is 1. The monoisotopic (exact) mass is 488 g/mol. The van der Waals surface area contributed by atoms with Crippen molar-refractivity contribution in [1.82, 2.24) is 0 Å². The number of Topliss-reactive ketones (excluding diaryl/α,β-unsaturated/α-hetero) is 1. The number of hydrogen-bond acceptors (Lipinski definition) is 7. The molecular weight excluding hydrogens is 455 g/mol. The Balaban J connectivity index is 1.81. The molecule has 7 nitrogen and oxygen atoms in total. The van der Waals surface area contributed by atoms with Crippen LogP contribution in [0.25, 0.3) is 0 Å². The predicted molar refractivity (Wildman–Crippen MR) is 132 cm³/mol. The summed E-state index contributed by atoms with van der Waals surface area (Å²) in [7, 11) is -3.26. The Morgan fingerprint density at radius 1 is 0.971 bits per heavy atom. The molecule has 2 aromatic carbocycles. The van der Waals surface area contributed by atoms with Crippen LogP contribution in [0, 0.1) is 20.8 Å². The molecule has 0 aromatic heterocycles. The molecule has 0 saturated carbocycles. The lowest BCUT2D eigenvalue weighted by atomic mass is 9.97. The van der Waals surface area contributed by atoms with E-state index in [0.717, 1.165) is 16.7 Å². The molecule has 1 unspecified atom stereocenters. The van der Waals surface area contributed by atoms with Gasteiger partial charge in [-0.3, -0.25) is 14.4 Å². The van der Waals surface area contributed by atoms with Gasteiger partial charge >= 0.3 is 5.97 Å². The Morgan fingerprint density at radius 3 is 2.06 bits per heavy atom. The van der Waals surface area contributed by atoms with E-state index in [1.54, 1.807) is 24.3 Å². The van der Waals surface area contributed by atoms with Gasteiger partial charge in [-0.1, -0.05) is 17.7 Å². The van der Waals surface area contributed by atoms with Gasteiger partial charge in [0.05, 0.1) is 6.42 Å². The molecule has 0 aliphatic carbocycles. The van der Waals surface area contributed by atoms with Gasteiger partial charge in [0.2, 0.25) is 5.52 Å². The Labute approximate surface area is 200 Å². The van der Waals surface area contributed by atoms with Crippen LogP contribution in [0.1, 0.15) is 57.7 Å². The minimum absolute atomic E-state index is 0.0126. The van der Waals surface area contributed by atoms with Crippen LogP contribution in [0.5, 0.6) is 5.75 Å². The smallest absolute Gasteiger partial charge is 0.306 e. The van der Waals surface area contributed by atoms with Gasteiger partial charge in [0.15, 0.2) is 12.9 Å². The van der Waals surface area contributed by atoms with E-state index >= 15 is 0 Å². The first-order chi connectivity index (χ1) is 15.7. The van der Waals surface area contributed by atoms with E-state index in [1.165, 1.54) is 20.5 Å². The van der Waals surface area contributed by atoms with Gasteiger partial charge in [-0.05, 0) is 76.7 Å². The summed E-state index contributed by atoms with van der Waals surface area (Å²) in [5, 5.41) is 9.79. The number of hydrogen-bond donors (Lipinski definition) is 1. The molecule has 0 saturated heterocycles. The summed E-state index contributed by atoms with van der Waals surface area (Å²) in [5.41, 5.74) is 1.55. The van der Waals surface area contributed by atoms with Crippen molar-refractivity contribution in [3.8, 4) is 5.75 Å². The molecule has 0 amide bonds. The first kappa shape index (κ1) is 27.5. The second kappa shape index (κ2) is 11.1. The number of aryl methyl sites for hydroxylation is 3. The van der Waals surface area contributed by atoms with E-state index < -0.39 is 30.0 Å². The number of ether oxygens (including phenoxy) is 2. The van der Waals surface area contributed by atoms with Crippen LogP contribution in [0.4, 0.5) is 0 Å². The molecule has 0 fully saturated rings. The maximum Gasteiger partial charge on any atom is 0.306 e. The Bertz CT molecular complexity index is 1090. The van der Waals surface area contributed by atoms with E-state index in [4.69, 9.17) is 9.47 Å². The second-order valence-corrected chi connectivity index (χ2v) is 12.2. The molecule has 184 valence electrons. The fourth-order valence-corrected chi connectivity index (χ4v) is 5.24. The second-order valence-electron chi connectivity index (χ2n) is 9.13. The Hall–Kier alpha value is -2.76. The third kappa shape index (κ3) is 7.37. The van der Waals surface area contributed by atoms with Crippen LogP contribution in [0.3, 0.4) is 0 Å². The van der Waals surface area contributed by atoms with Gasteiger partial charge in [-0.15, -0.1) is 0 Å². The molecule has 0 bridgehead atoms. The predicted octanol–water partition coefficient (Wildman–Crippen LogP) is 4.71. The molecule has 34 heavy (non-hydrogen) atoms. The molecular formula is C26H33O7P. The van der Waals surface area contributed by atoms with Gasteiger partial charge in [0, 0.05) is 17.3 Å². The van der Waals surface area contributed by atoms with E-state index in [9.17, 15) is 24.1 Å². The average Bonchev–Trinajstić information content (AvgIpc) is 2.74. The Kier molecular flexibility index (Phi) is 8.98. The molecule has 0 aliphatic rings. The molecule has 0 aliphatic heterocycles. The number of ketones is 1. The SMILES string of the molecule is Cc1cc(C)c(C(=O)P(C)(=O)CCC(=O)OCCOc2ccc(C(=O)C(C)(C)O)cc2)c(C)c1. The van der Waals surface area contributed by atoms with E-state index in [-0.39, 0.29) is 25.8 Å². The summed E-state index contributed by atoms with van der Waals surface area (Å²) in [6, 6.07) is 10.0. The number of benzene rings is 2. The third-order valence-corrected chi connectivity index (χ3v) is 7.51. The quantitative estimate of drug-likeness (QED) is 0.211. The normalized spacial score (nSPS) is 13.1. The van der Waals surface area contributed by atoms with Gasteiger partial charge in [-0.25, -0.2) is 0 Å². The van der Waals surface area contributed by atoms with Crippen molar-refractivity contribution in [3.63, 3.8) is 0 Å². The molecule has 0 spiro atoms. The number of aliphatic hydroxyl groups is 1. The van der Waals surface area contributed by atoms with Gasteiger partial charge in [0.1, 0.15) is 24.6 Å². The highest BCUT2D eigenvalue weighted by Crippen LogP contribution is 2.46. The lowest BCUT2D eigenvalue weighted by molar-refractivity contribution is -0.143. The van der Waals surface area contributed by atoms with Crippen molar-refractivity contribution in [3.05, 3.63) is 64.2 Å². The molecule has 0 heterocycles. The number of rotatable bonds is 11. The van der Waals surface area contributed by atoms with Crippen LogP contribution in [0.15, 0.2) is 36.4 Å². The highest BCUT2D eigenvalue weighted by atomic mass is 31.2. The van der Waals surface area contributed by atoms with Crippen molar-refractivity contribution in [1.29, 1.82) is 0 Å². The van der Waals surface area contributed by atoms with Crippen LogP contribution < -0.4 is 4.74 Å². The third-order valence-electron chi connectivity index (χ3n) is 5.35. The van der Waals surface area contributed by atoms with Crippen LogP contribution >= 0.6 is 7.14 Å². The van der Waals surface area contributed by atoms with Gasteiger partial charge in [-0.2, -0.15) is 0 Å². The van der Waals surface area contributed by atoms with Crippen molar-refractivity contribution in [2.24, 2.45) is 0 Å². The standard InChI is InChI=1S/C26H33O7P/c1-17-15-18(2)23(19(3)16-17)25(29)34(6,31)14-11-22(27)33-13-12-32-21-9-7-20(8-10-21)24(28)26(4,5)30/h7-10,15-16,30H,11-14H2,1-6H3. The van der Waals surface area contributed by atoms with Crippen molar-refractivity contribution in [2.45, 2.75) is 46.6 Å². The average molecular weight is 489 g/mol. The molecule has 2 rings (SSSR count). The van der Waals surface area contributed by atoms with E-state index in [2.05, 4.69) is 0 Å². The van der Waals surface area contributed by atoms with E-state index in [1.807, 2.05) is 32.9 Å².